The zero-order valence-electron chi connectivity index (χ0n) is 10.9. The fourth-order valence-corrected chi connectivity index (χ4v) is 2.21. The fraction of sp³-hybridized carbons (Fsp3) is 0.636. The van der Waals surface area contributed by atoms with Crippen molar-refractivity contribution in [2.75, 3.05) is 17.7 Å². The quantitative estimate of drug-likeness (QED) is 0.622. The highest BCUT2D eigenvalue weighted by Crippen LogP contribution is 2.28. The molecule has 0 aliphatic carbocycles. The minimum atomic E-state index is -0.501. The van der Waals surface area contributed by atoms with Crippen LogP contribution in [0.25, 0.3) is 0 Å². The second-order valence-electron chi connectivity index (χ2n) is 4.61. The predicted octanol–water partition coefficient (Wildman–Crippen LogP) is 1.25. The van der Waals surface area contributed by atoms with Crippen molar-refractivity contribution >= 4 is 17.5 Å². The van der Waals surface area contributed by atoms with Crippen LogP contribution in [0.3, 0.4) is 0 Å². The van der Waals surface area contributed by atoms with Crippen molar-refractivity contribution in [3.8, 4) is 0 Å². The highest BCUT2D eigenvalue weighted by molar-refractivity contribution is 5.60. The van der Waals surface area contributed by atoms with Gasteiger partial charge in [0.2, 0.25) is 11.8 Å². The zero-order chi connectivity index (χ0) is 14.0. The molecule has 1 aromatic heterocycles. The van der Waals surface area contributed by atoms with Crippen molar-refractivity contribution in [3.05, 3.63) is 15.8 Å². The second-order valence-corrected chi connectivity index (χ2v) is 4.61. The molecule has 2 heterocycles. The summed E-state index contributed by atoms with van der Waals surface area (Å²) >= 11 is 0. The van der Waals surface area contributed by atoms with Crippen molar-refractivity contribution in [3.63, 3.8) is 0 Å². The normalized spacial score (nSPS) is 20.2. The van der Waals surface area contributed by atoms with Crippen LogP contribution in [-0.2, 0) is 4.74 Å². The number of nitro groups is 1. The minimum Gasteiger partial charge on any atom is -0.376 e. The van der Waals surface area contributed by atoms with E-state index in [9.17, 15) is 10.1 Å². The Hall–Kier alpha value is -1.96. The van der Waals surface area contributed by atoms with E-state index in [2.05, 4.69) is 15.3 Å². The Morgan fingerprint density at radius 1 is 1.58 bits per heavy atom. The smallest absolute Gasteiger partial charge is 0.332 e. The molecule has 0 saturated carbocycles. The van der Waals surface area contributed by atoms with E-state index in [1.165, 1.54) is 6.92 Å². The van der Waals surface area contributed by atoms with Gasteiger partial charge in [-0.2, -0.15) is 4.98 Å². The molecule has 2 unspecified atom stereocenters. The molecular formula is C11H17N5O3. The van der Waals surface area contributed by atoms with Gasteiger partial charge in [-0.15, -0.1) is 0 Å². The van der Waals surface area contributed by atoms with Gasteiger partial charge < -0.3 is 15.8 Å². The summed E-state index contributed by atoms with van der Waals surface area (Å²) < 4.78 is 5.54. The summed E-state index contributed by atoms with van der Waals surface area (Å²) in [4.78, 5) is 18.3. The highest BCUT2D eigenvalue weighted by Gasteiger charge is 2.27. The first kappa shape index (κ1) is 13.5. The number of hydrogen-bond donors (Lipinski definition) is 2. The van der Waals surface area contributed by atoms with E-state index >= 15 is 0 Å². The molecule has 0 radical (unpaired) electrons. The number of nitrogens with zero attached hydrogens (tertiary/aromatic N) is 3. The van der Waals surface area contributed by atoms with E-state index in [0.717, 1.165) is 19.4 Å². The number of nitrogens with two attached hydrogens (primary N) is 1. The van der Waals surface area contributed by atoms with E-state index in [4.69, 9.17) is 10.5 Å². The van der Waals surface area contributed by atoms with Crippen molar-refractivity contribution in [1.29, 1.82) is 0 Å². The van der Waals surface area contributed by atoms with Crippen LogP contribution in [0.4, 0.5) is 17.5 Å². The average molecular weight is 267 g/mol. The topological polar surface area (TPSA) is 116 Å². The van der Waals surface area contributed by atoms with Gasteiger partial charge in [-0.25, -0.2) is 4.98 Å². The molecular weight excluding hydrogens is 250 g/mol. The monoisotopic (exact) mass is 267 g/mol. The Kier molecular flexibility index (Phi) is 3.79. The fourth-order valence-electron chi connectivity index (χ4n) is 2.21. The summed E-state index contributed by atoms with van der Waals surface area (Å²) in [6, 6.07) is -0.0742. The Morgan fingerprint density at radius 3 is 2.89 bits per heavy atom. The molecule has 0 bridgehead atoms. The van der Waals surface area contributed by atoms with Gasteiger partial charge in [0.05, 0.1) is 17.1 Å². The number of aryl methyl sites for hydroxylation is 1. The van der Waals surface area contributed by atoms with Crippen LogP contribution in [0.15, 0.2) is 0 Å². The van der Waals surface area contributed by atoms with E-state index in [0.29, 0.717) is 0 Å². The molecule has 0 aromatic carbocycles. The van der Waals surface area contributed by atoms with E-state index < -0.39 is 4.92 Å². The van der Waals surface area contributed by atoms with Gasteiger partial charge in [-0.1, -0.05) is 0 Å². The van der Waals surface area contributed by atoms with Gasteiger partial charge in [0, 0.05) is 6.61 Å². The molecule has 1 aromatic rings. The molecule has 0 amide bonds. The maximum atomic E-state index is 11.1. The molecule has 1 aliphatic heterocycles. The van der Waals surface area contributed by atoms with Crippen LogP contribution in [-0.4, -0.2) is 33.6 Å². The molecule has 8 heteroatoms. The molecule has 8 nitrogen and oxygen atoms in total. The minimum absolute atomic E-state index is 0.0186. The maximum Gasteiger partial charge on any atom is 0.332 e. The third-order valence-corrected chi connectivity index (χ3v) is 3.15. The third kappa shape index (κ3) is 2.90. The van der Waals surface area contributed by atoms with Gasteiger partial charge >= 0.3 is 5.69 Å². The summed E-state index contributed by atoms with van der Waals surface area (Å²) in [5.74, 6) is 0.170. The van der Waals surface area contributed by atoms with Gasteiger partial charge in [0.25, 0.3) is 0 Å². The Bertz CT molecular complexity index is 487. The van der Waals surface area contributed by atoms with E-state index in [1.807, 2.05) is 6.92 Å². The van der Waals surface area contributed by atoms with Gasteiger partial charge in [-0.05, 0) is 26.7 Å². The summed E-state index contributed by atoms with van der Waals surface area (Å²) in [5.41, 5.74) is 5.65. The van der Waals surface area contributed by atoms with E-state index in [1.54, 1.807) is 0 Å². The number of ether oxygens (including phenoxy) is 1. The predicted molar refractivity (Wildman–Crippen MR) is 69.9 cm³/mol. The molecule has 2 rings (SSSR count). The average Bonchev–Trinajstić information content (AvgIpc) is 2.80. The molecule has 1 aliphatic rings. The summed E-state index contributed by atoms with van der Waals surface area (Å²) in [6.07, 6.45) is 1.97. The Morgan fingerprint density at radius 2 is 2.32 bits per heavy atom. The van der Waals surface area contributed by atoms with Crippen molar-refractivity contribution in [1.82, 2.24) is 9.97 Å². The summed E-state index contributed by atoms with van der Waals surface area (Å²) in [7, 11) is 0. The third-order valence-electron chi connectivity index (χ3n) is 3.15. The van der Waals surface area contributed by atoms with Crippen LogP contribution in [0, 0.1) is 17.0 Å². The Balaban J connectivity index is 2.25. The number of anilines is 2. The lowest BCUT2D eigenvalue weighted by atomic mass is 10.1. The highest BCUT2D eigenvalue weighted by atomic mass is 16.6. The summed E-state index contributed by atoms with van der Waals surface area (Å²) in [5, 5.41) is 14.1. The number of aromatic nitrogens is 2. The largest absolute Gasteiger partial charge is 0.376 e. The lowest BCUT2D eigenvalue weighted by Crippen LogP contribution is -2.31. The van der Waals surface area contributed by atoms with Crippen LogP contribution in [0.1, 0.15) is 25.5 Å². The molecule has 1 saturated heterocycles. The number of nitrogens with one attached hydrogen (secondary N) is 1. The molecule has 19 heavy (non-hydrogen) atoms. The lowest BCUT2D eigenvalue weighted by molar-refractivity contribution is -0.385. The first-order chi connectivity index (χ1) is 8.99. The van der Waals surface area contributed by atoms with Crippen molar-refractivity contribution in [2.45, 2.75) is 38.8 Å². The molecule has 1 fully saturated rings. The number of nitrogen functional groups attached to an aromatic ring is 1. The maximum absolute atomic E-state index is 11.1. The van der Waals surface area contributed by atoms with Gasteiger partial charge in [-0.3, -0.25) is 10.1 Å². The van der Waals surface area contributed by atoms with E-state index in [-0.39, 0.29) is 35.3 Å². The van der Waals surface area contributed by atoms with Gasteiger partial charge in [0.1, 0.15) is 5.69 Å². The summed E-state index contributed by atoms with van der Waals surface area (Å²) in [6.45, 7) is 4.18. The number of rotatable bonds is 4. The number of hydrogen-bond acceptors (Lipinski definition) is 7. The SMILES string of the molecule is Cc1nc(N)nc(NC(C)C2CCCO2)c1[N+](=O)[O-]. The van der Waals surface area contributed by atoms with Crippen molar-refractivity contribution < 1.29 is 9.66 Å². The first-order valence-corrected chi connectivity index (χ1v) is 6.15. The second kappa shape index (κ2) is 5.35. The molecule has 3 N–H and O–H groups in total. The van der Waals surface area contributed by atoms with Gasteiger partial charge in [0.15, 0.2) is 0 Å². The first-order valence-electron chi connectivity index (χ1n) is 6.15. The van der Waals surface area contributed by atoms with Crippen molar-refractivity contribution in [2.24, 2.45) is 0 Å². The molecule has 104 valence electrons. The molecule has 2 atom stereocenters. The van der Waals surface area contributed by atoms with Crippen LogP contribution >= 0.6 is 0 Å². The zero-order valence-corrected chi connectivity index (χ0v) is 10.9. The van der Waals surface area contributed by atoms with Crippen LogP contribution in [0.5, 0.6) is 0 Å². The Labute approximate surface area is 110 Å². The van der Waals surface area contributed by atoms with Crippen LogP contribution < -0.4 is 11.1 Å². The molecule has 0 spiro atoms. The lowest BCUT2D eigenvalue weighted by Gasteiger charge is -2.20. The standard InChI is InChI=1S/C11H17N5O3/c1-6(8-4-3-5-19-8)13-10-9(16(17)18)7(2)14-11(12)15-10/h6,8H,3-5H2,1-2H3,(H3,12,13,14,15). The van der Waals surface area contributed by atoms with Crippen LogP contribution in [0.2, 0.25) is 0 Å².